The van der Waals surface area contributed by atoms with Crippen LogP contribution in [0.4, 0.5) is 0 Å². The third-order valence-electron chi connectivity index (χ3n) is 4.91. The number of carboxylic acids is 9. The molecule has 0 aliphatic carbocycles. The van der Waals surface area contributed by atoms with E-state index in [4.69, 9.17) is 18.2 Å². The van der Waals surface area contributed by atoms with Gasteiger partial charge in [0.2, 0.25) is 0 Å². The number of carbonyl (C=O) groups excluding carboxylic acids is 9. The highest BCUT2D eigenvalue weighted by molar-refractivity contribution is 7.88. The Morgan fingerprint density at radius 1 is 0.386 bits per heavy atom. The van der Waals surface area contributed by atoms with Gasteiger partial charge in [0.15, 0.2) is 0 Å². The molecule has 0 amide bonds. The van der Waals surface area contributed by atoms with Crippen LogP contribution in [0.1, 0.15) is 36.0 Å². The fraction of sp³-hybridized carbons (Fsp3) is 0.348. The molecule has 0 radical (unpaired) electrons. The van der Waals surface area contributed by atoms with Crippen molar-refractivity contribution in [1.29, 1.82) is 0 Å². The molecule has 30 nitrogen and oxygen atoms in total. The fourth-order valence-corrected chi connectivity index (χ4v) is 4.78. The fourth-order valence-electron chi connectivity index (χ4n) is 2.42. The van der Waals surface area contributed by atoms with E-state index in [0.717, 1.165) is 0 Å². The summed E-state index contributed by atoms with van der Waals surface area (Å²) in [6.45, 7) is 0. The summed E-state index contributed by atoms with van der Waals surface area (Å²) < 4.78 is 114. The molecule has 0 aliphatic rings. The van der Waals surface area contributed by atoms with E-state index >= 15 is 0 Å². The highest BCUT2D eigenvalue weighted by Gasteiger charge is 2.26. The summed E-state index contributed by atoms with van der Waals surface area (Å²) in [7, 11) is -19.8. The lowest BCUT2D eigenvalue weighted by Gasteiger charge is -2.14. The van der Waals surface area contributed by atoms with Crippen LogP contribution in [0.15, 0.2) is 30.3 Å². The third-order valence-corrected chi connectivity index (χ3v) is 9.22. The lowest BCUT2D eigenvalue weighted by molar-refractivity contribution is -0.314. The van der Waals surface area contributed by atoms with Gasteiger partial charge in [-0.3, -0.25) is 18.2 Å². The second kappa shape index (κ2) is 25.3. The first-order chi connectivity index (χ1) is 25.3. The monoisotopic (exact) mass is 905 g/mol. The van der Waals surface area contributed by atoms with Crippen molar-refractivity contribution in [3.8, 4) is 0 Å². The summed E-state index contributed by atoms with van der Waals surface area (Å²) in [5, 5.41) is 79.1. The summed E-state index contributed by atoms with van der Waals surface area (Å²) >= 11 is 0. The molecule has 0 saturated heterocycles. The minimum absolute atomic E-state index is 0.220. The minimum Gasteiger partial charge on any atom is -0.550 e. The van der Waals surface area contributed by atoms with Crippen molar-refractivity contribution in [2.75, 3.05) is 0 Å². The molecular formula is C23H21O30S4-9. The van der Waals surface area contributed by atoms with Crippen molar-refractivity contribution in [3.63, 3.8) is 0 Å². The zero-order chi connectivity index (χ0) is 46.4. The molecular weight excluding hydrogens is 884 g/mol. The van der Waals surface area contributed by atoms with Gasteiger partial charge in [-0.05, 0) is 5.56 Å². The molecule has 4 unspecified atom stereocenters. The number of aromatic carboxylic acids is 1. The van der Waals surface area contributed by atoms with Crippen LogP contribution in [0.5, 0.6) is 0 Å². The van der Waals surface area contributed by atoms with Gasteiger partial charge in [-0.15, -0.1) is 0 Å². The Hall–Kier alpha value is -5.91. The molecule has 4 atom stereocenters. The molecule has 1 rings (SSSR count). The average Bonchev–Trinajstić information content (AvgIpc) is 2.99. The second-order valence-electron chi connectivity index (χ2n) is 9.25. The Morgan fingerprint density at radius 2 is 0.561 bits per heavy atom. The van der Waals surface area contributed by atoms with Crippen LogP contribution >= 0.6 is 0 Å². The van der Waals surface area contributed by atoms with Crippen LogP contribution in [-0.4, -0.2) is 127 Å². The molecule has 34 heteroatoms. The van der Waals surface area contributed by atoms with E-state index < -0.39 is 141 Å². The predicted octanol–water partition coefficient (Wildman–Crippen LogP) is -15.4. The van der Waals surface area contributed by atoms with Crippen LogP contribution in [0.3, 0.4) is 0 Å². The Morgan fingerprint density at radius 3 is 0.632 bits per heavy atom. The van der Waals surface area contributed by atoms with Crippen molar-refractivity contribution in [3.05, 3.63) is 35.9 Å². The molecule has 0 aliphatic heterocycles. The number of rotatable bonds is 17. The van der Waals surface area contributed by atoms with E-state index in [1.54, 1.807) is 18.2 Å². The maximum atomic E-state index is 10.2. The zero-order valence-corrected chi connectivity index (χ0v) is 30.3. The van der Waals surface area contributed by atoms with E-state index in [1.807, 2.05) is 0 Å². The summed E-state index contributed by atoms with van der Waals surface area (Å²) in [5.41, 5.74) is 0.220. The largest absolute Gasteiger partial charge is 0.550 e. The molecule has 4 N–H and O–H groups in total. The van der Waals surface area contributed by atoms with Gasteiger partial charge in [0.05, 0.1) is 29.8 Å². The topological polar surface area (TPSA) is 579 Å². The van der Waals surface area contributed by atoms with Gasteiger partial charge in [0.1, 0.15) is 21.0 Å². The van der Waals surface area contributed by atoms with Gasteiger partial charge in [-0.25, -0.2) is 0 Å². The first-order valence-electron chi connectivity index (χ1n) is 13.0. The third kappa shape index (κ3) is 30.0. The predicted molar refractivity (Wildman–Crippen MR) is 151 cm³/mol. The molecule has 0 aromatic heterocycles. The first kappa shape index (κ1) is 57.8. The van der Waals surface area contributed by atoms with Crippen LogP contribution in [0.2, 0.25) is 0 Å². The molecule has 1 aromatic rings. The zero-order valence-electron chi connectivity index (χ0n) is 27.1. The molecule has 326 valence electrons. The lowest BCUT2D eigenvalue weighted by atomic mass is 10.2. The van der Waals surface area contributed by atoms with Crippen LogP contribution in [0, 0.1) is 0 Å². The highest BCUT2D eigenvalue weighted by atomic mass is 32.2. The van der Waals surface area contributed by atoms with E-state index in [1.165, 1.54) is 12.1 Å². The van der Waals surface area contributed by atoms with E-state index in [0.29, 0.717) is 0 Å². The van der Waals surface area contributed by atoms with Crippen LogP contribution in [0.25, 0.3) is 0 Å². The molecule has 0 saturated carbocycles. The van der Waals surface area contributed by atoms with E-state index in [-0.39, 0.29) is 5.56 Å². The first-order valence-corrected chi connectivity index (χ1v) is 19.1. The van der Waals surface area contributed by atoms with E-state index in [9.17, 15) is 123 Å². The van der Waals surface area contributed by atoms with Gasteiger partial charge < -0.3 is 89.1 Å². The summed E-state index contributed by atoms with van der Waals surface area (Å²) in [6, 6.07) is 8.06. The summed E-state index contributed by atoms with van der Waals surface area (Å²) in [5.74, 6) is -17.4. The SMILES string of the molecule is O=C([O-])CC(C(=O)[O-])S(=O)(=O)O.O=C([O-])CC(C(=O)[O-])S(=O)(=O)O.O=C([O-])CC(C(=O)[O-])S(=O)(=O)O.O=C([O-])CC(C(=O)[O-])S(=O)(=O)O.O=C([O-])c1ccccc1. The number of carbonyl (C=O) groups is 9. The second-order valence-corrected chi connectivity index (χ2v) is 15.6. The van der Waals surface area contributed by atoms with Crippen LogP contribution in [-0.2, 0) is 78.8 Å². The van der Waals surface area contributed by atoms with Crippen molar-refractivity contribution >= 4 is 94.2 Å². The van der Waals surface area contributed by atoms with Gasteiger partial charge in [0.25, 0.3) is 40.5 Å². The van der Waals surface area contributed by atoms with Gasteiger partial charge in [0, 0.05) is 49.6 Å². The molecule has 0 heterocycles. The lowest BCUT2D eigenvalue weighted by Crippen LogP contribution is -2.44. The number of carboxylic acid groups (broad SMARTS) is 9. The minimum atomic E-state index is -4.94. The van der Waals surface area contributed by atoms with Gasteiger partial charge >= 0.3 is 0 Å². The van der Waals surface area contributed by atoms with Gasteiger partial charge in [-0.2, -0.15) is 33.7 Å². The number of benzene rings is 1. The molecule has 0 bridgehead atoms. The van der Waals surface area contributed by atoms with Crippen molar-refractivity contribution in [1.82, 2.24) is 0 Å². The van der Waals surface area contributed by atoms with Crippen molar-refractivity contribution in [2.24, 2.45) is 0 Å². The standard InChI is InChI=1S/C7H6O2.4C4H6O7S/c8-7(9)6-4-2-1-3-5-6;4*5-3(6)1-2(4(7)8)12(9,10)11/h1-5H,(H,8,9);4*2H,1H2,(H,5,6)(H,7,8)(H,9,10,11)/p-9. The molecule has 0 fully saturated rings. The molecule has 0 spiro atoms. The quantitative estimate of drug-likeness (QED) is 0.105. The van der Waals surface area contributed by atoms with Crippen molar-refractivity contribution in [2.45, 2.75) is 46.7 Å². The van der Waals surface area contributed by atoms with Crippen molar-refractivity contribution < 1.29 is 141 Å². The summed E-state index contributed by atoms with van der Waals surface area (Å²) in [6.07, 6.45) is -5.33. The average molecular weight is 906 g/mol. The Bertz CT molecular complexity index is 1800. The summed E-state index contributed by atoms with van der Waals surface area (Å²) in [4.78, 5) is 89.0. The molecule has 57 heavy (non-hydrogen) atoms. The highest BCUT2D eigenvalue weighted by Crippen LogP contribution is 2.04. The van der Waals surface area contributed by atoms with Crippen LogP contribution < -0.4 is 46.0 Å². The Balaban J connectivity index is -0.000000309. The Kier molecular flexibility index (Phi) is 25.6. The molecule has 1 aromatic carbocycles. The van der Waals surface area contributed by atoms with E-state index in [2.05, 4.69) is 0 Å². The maximum absolute atomic E-state index is 10.2. The Labute approximate surface area is 317 Å². The number of aliphatic carboxylic acids is 8. The van der Waals surface area contributed by atoms with Gasteiger partial charge in [-0.1, -0.05) is 30.3 Å². The normalized spacial score (nSPS) is 13.0. The number of hydrogen-bond donors (Lipinski definition) is 4. The number of hydrogen-bond acceptors (Lipinski definition) is 26. The maximum Gasteiger partial charge on any atom is 0.273 e. The smallest absolute Gasteiger partial charge is 0.273 e.